The molecule has 0 aliphatic rings. The maximum atomic E-state index is 9.85. The van der Waals surface area contributed by atoms with Gasteiger partial charge < -0.3 is 10.4 Å². The maximum absolute atomic E-state index is 9.85. The van der Waals surface area contributed by atoms with E-state index in [1.807, 2.05) is 36.4 Å². The number of hydrogen-bond acceptors (Lipinski definition) is 2. The summed E-state index contributed by atoms with van der Waals surface area (Å²) in [5.74, 6) is 0. The molecule has 2 nitrogen and oxygen atoms in total. The molecule has 0 aliphatic carbocycles. The summed E-state index contributed by atoms with van der Waals surface area (Å²) in [5.41, 5.74) is 0.954. The van der Waals surface area contributed by atoms with Crippen molar-refractivity contribution < 1.29 is 5.11 Å². The smallest absolute Gasteiger partial charge is 0.0914 e. The van der Waals surface area contributed by atoms with Crippen molar-refractivity contribution >= 4 is 0 Å². The van der Waals surface area contributed by atoms with Crippen LogP contribution in [0.25, 0.3) is 0 Å². The molecule has 0 aromatic heterocycles. The summed E-state index contributed by atoms with van der Waals surface area (Å²) in [6.07, 6.45) is 2.37. The molecular formula is C13H19NO. The second-order valence-corrected chi connectivity index (χ2v) is 3.76. The third kappa shape index (κ3) is 4.28. The summed E-state index contributed by atoms with van der Waals surface area (Å²) in [6.45, 7) is 6.35. The highest BCUT2D eigenvalue weighted by Crippen LogP contribution is 2.10. The van der Waals surface area contributed by atoms with Crippen LogP contribution in [0.15, 0.2) is 43.0 Å². The van der Waals surface area contributed by atoms with Crippen LogP contribution < -0.4 is 5.32 Å². The number of benzene rings is 1. The van der Waals surface area contributed by atoms with Crippen molar-refractivity contribution in [1.29, 1.82) is 0 Å². The molecule has 0 saturated carbocycles. The van der Waals surface area contributed by atoms with Crippen LogP contribution in [0.4, 0.5) is 0 Å². The van der Waals surface area contributed by atoms with Gasteiger partial charge in [-0.15, -0.1) is 6.58 Å². The third-order valence-corrected chi connectivity index (χ3v) is 2.36. The van der Waals surface area contributed by atoms with Gasteiger partial charge >= 0.3 is 0 Å². The number of aliphatic hydroxyl groups is 1. The van der Waals surface area contributed by atoms with Gasteiger partial charge in [0.2, 0.25) is 0 Å². The highest BCUT2D eigenvalue weighted by Gasteiger charge is 2.07. The molecule has 0 amide bonds. The molecule has 0 bridgehead atoms. The van der Waals surface area contributed by atoms with Gasteiger partial charge in [0.15, 0.2) is 0 Å². The van der Waals surface area contributed by atoms with E-state index in [0.717, 1.165) is 12.0 Å². The fraction of sp³-hybridized carbons (Fsp3) is 0.385. The van der Waals surface area contributed by atoms with E-state index in [1.165, 1.54) is 0 Å². The van der Waals surface area contributed by atoms with Crippen molar-refractivity contribution in [1.82, 2.24) is 5.32 Å². The Morgan fingerprint density at radius 1 is 1.40 bits per heavy atom. The zero-order valence-electron chi connectivity index (χ0n) is 9.19. The highest BCUT2D eigenvalue weighted by atomic mass is 16.3. The minimum absolute atomic E-state index is 0.362. The Balaban J connectivity index is 2.36. The average molecular weight is 205 g/mol. The first-order chi connectivity index (χ1) is 7.24. The van der Waals surface area contributed by atoms with Crippen LogP contribution >= 0.6 is 0 Å². The van der Waals surface area contributed by atoms with Crippen molar-refractivity contribution in [2.45, 2.75) is 25.5 Å². The molecule has 82 valence electrons. The minimum Gasteiger partial charge on any atom is -0.387 e. The first-order valence-electron chi connectivity index (χ1n) is 5.31. The van der Waals surface area contributed by atoms with Crippen LogP contribution in [0, 0.1) is 0 Å². The van der Waals surface area contributed by atoms with Crippen LogP contribution in [0.1, 0.15) is 25.0 Å². The minimum atomic E-state index is -0.432. The highest BCUT2D eigenvalue weighted by molar-refractivity contribution is 5.17. The number of hydrogen-bond donors (Lipinski definition) is 2. The lowest BCUT2D eigenvalue weighted by atomic mass is 10.1. The van der Waals surface area contributed by atoms with Gasteiger partial charge in [-0.2, -0.15) is 0 Å². The molecule has 0 radical (unpaired) electrons. The summed E-state index contributed by atoms with van der Waals surface area (Å²) >= 11 is 0. The lowest BCUT2D eigenvalue weighted by molar-refractivity contribution is 0.171. The molecule has 0 fully saturated rings. The normalized spacial score (nSPS) is 14.5. The van der Waals surface area contributed by atoms with E-state index < -0.39 is 6.10 Å². The van der Waals surface area contributed by atoms with Crippen LogP contribution in [0.5, 0.6) is 0 Å². The topological polar surface area (TPSA) is 32.3 Å². The van der Waals surface area contributed by atoms with Gasteiger partial charge in [-0.25, -0.2) is 0 Å². The summed E-state index contributed by atoms with van der Waals surface area (Å²) in [7, 11) is 0. The first-order valence-corrected chi connectivity index (χ1v) is 5.31. The van der Waals surface area contributed by atoms with Gasteiger partial charge in [-0.3, -0.25) is 0 Å². The van der Waals surface area contributed by atoms with Gasteiger partial charge in [0.25, 0.3) is 0 Å². The molecule has 0 aliphatic heterocycles. The zero-order valence-corrected chi connectivity index (χ0v) is 9.19. The van der Waals surface area contributed by atoms with Gasteiger partial charge in [0, 0.05) is 12.6 Å². The molecule has 0 heterocycles. The predicted octanol–water partition coefficient (Wildman–Crippen LogP) is 2.27. The Hall–Kier alpha value is -1.12. The van der Waals surface area contributed by atoms with E-state index in [4.69, 9.17) is 0 Å². The zero-order chi connectivity index (χ0) is 11.1. The molecule has 0 saturated heterocycles. The van der Waals surface area contributed by atoms with Crippen LogP contribution in [0.2, 0.25) is 0 Å². The Kier molecular flexibility index (Phi) is 5.08. The van der Waals surface area contributed by atoms with Crippen molar-refractivity contribution in [2.75, 3.05) is 6.54 Å². The van der Waals surface area contributed by atoms with Crippen LogP contribution in [-0.2, 0) is 0 Å². The Bertz CT molecular complexity index is 284. The fourth-order valence-electron chi connectivity index (χ4n) is 1.44. The number of aliphatic hydroxyl groups excluding tert-OH is 1. The first kappa shape index (κ1) is 12.0. The molecule has 0 spiro atoms. The van der Waals surface area contributed by atoms with E-state index in [-0.39, 0.29) is 0 Å². The largest absolute Gasteiger partial charge is 0.387 e. The van der Waals surface area contributed by atoms with Crippen molar-refractivity contribution in [3.8, 4) is 0 Å². The summed E-state index contributed by atoms with van der Waals surface area (Å²) in [6, 6.07) is 10.1. The van der Waals surface area contributed by atoms with Crippen molar-refractivity contribution in [2.24, 2.45) is 0 Å². The van der Waals surface area contributed by atoms with Gasteiger partial charge in [0.05, 0.1) is 6.10 Å². The SMILES string of the molecule is C=CCC(C)NCC(O)c1ccccc1. The molecule has 1 aromatic rings. The number of nitrogens with one attached hydrogen (secondary N) is 1. The lowest BCUT2D eigenvalue weighted by Crippen LogP contribution is -2.29. The quantitative estimate of drug-likeness (QED) is 0.698. The van der Waals surface area contributed by atoms with E-state index in [2.05, 4.69) is 18.8 Å². The fourth-order valence-corrected chi connectivity index (χ4v) is 1.44. The maximum Gasteiger partial charge on any atom is 0.0914 e. The average Bonchev–Trinajstić information content (AvgIpc) is 2.27. The summed E-state index contributed by atoms with van der Waals surface area (Å²) in [4.78, 5) is 0. The molecular weight excluding hydrogens is 186 g/mol. The monoisotopic (exact) mass is 205 g/mol. The Morgan fingerprint density at radius 2 is 2.07 bits per heavy atom. The molecule has 1 aromatic carbocycles. The molecule has 1 rings (SSSR count). The third-order valence-electron chi connectivity index (χ3n) is 2.36. The lowest BCUT2D eigenvalue weighted by Gasteiger charge is -2.16. The Morgan fingerprint density at radius 3 is 2.67 bits per heavy atom. The second kappa shape index (κ2) is 6.38. The van der Waals surface area contributed by atoms with E-state index in [1.54, 1.807) is 0 Å². The molecule has 2 heteroatoms. The van der Waals surface area contributed by atoms with Crippen molar-refractivity contribution in [3.05, 3.63) is 48.6 Å². The number of rotatable bonds is 6. The standard InChI is InChI=1S/C13H19NO/c1-3-7-11(2)14-10-13(15)12-8-5-4-6-9-12/h3-6,8-9,11,13-15H,1,7,10H2,2H3. The van der Waals surface area contributed by atoms with E-state index in [0.29, 0.717) is 12.6 Å². The van der Waals surface area contributed by atoms with E-state index >= 15 is 0 Å². The van der Waals surface area contributed by atoms with Crippen molar-refractivity contribution in [3.63, 3.8) is 0 Å². The molecule has 15 heavy (non-hydrogen) atoms. The molecule has 2 atom stereocenters. The summed E-state index contributed by atoms with van der Waals surface area (Å²) < 4.78 is 0. The van der Waals surface area contributed by atoms with Crippen LogP contribution in [0.3, 0.4) is 0 Å². The second-order valence-electron chi connectivity index (χ2n) is 3.76. The Labute approximate surface area is 91.6 Å². The van der Waals surface area contributed by atoms with Gasteiger partial charge in [-0.1, -0.05) is 36.4 Å². The molecule has 2 N–H and O–H groups in total. The van der Waals surface area contributed by atoms with E-state index in [9.17, 15) is 5.11 Å². The van der Waals surface area contributed by atoms with Crippen LogP contribution in [-0.4, -0.2) is 17.7 Å². The molecule has 2 unspecified atom stereocenters. The summed E-state index contributed by atoms with van der Waals surface area (Å²) in [5, 5.41) is 13.1. The predicted molar refractivity (Wildman–Crippen MR) is 63.7 cm³/mol. The van der Waals surface area contributed by atoms with Gasteiger partial charge in [-0.05, 0) is 18.9 Å². The van der Waals surface area contributed by atoms with Gasteiger partial charge in [0.1, 0.15) is 0 Å².